The molecule has 122 valence electrons. The number of hydrogen-bond donors (Lipinski definition) is 2. The second-order valence-electron chi connectivity index (χ2n) is 6.18. The van der Waals surface area contributed by atoms with Gasteiger partial charge in [0.15, 0.2) is 0 Å². The van der Waals surface area contributed by atoms with Gasteiger partial charge >= 0.3 is 0 Å². The van der Waals surface area contributed by atoms with Crippen molar-refractivity contribution >= 4 is 34.5 Å². The molecule has 3 rings (SSSR count). The average Bonchev–Trinajstić information content (AvgIpc) is 3.18. The molecule has 2 N–H and O–H groups in total. The van der Waals surface area contributed by atoms with Crippen molar-refractivity contribution in [1.82, 2.24) is 15.2 Å². The lowest BCUT2D eigenvalue weighted by atomic mass is 10.1. The molecule has 1 saturated heterocycles. The van der Waals surface area contributed by atoms with Gasteiger partial charge in [0, 0.05) is 29.4 Å². The Hall–Kier alpha value is -1.95. The minimum atomic E-state index is -0.389. The number of fused-ring (bicyclic) bond motifs is 1. The normalized spacial score (nSPS) is 17.9. The van der Waals surface area contributed by atoms with Crippen LogP contribution in [0, 0.1) is 5.92 Å². The number of amides is 2. The van der Waals surface area contributed by atoms with Crippen LogP contribution >= 0.6 is 11.8 Å². The van der Waals surface area contributed by atoms with Gasteiger partial charge in [-0.15, -0.1) is 11.8 Å². The molecule has 0 bridgehead atoms. The van der Waals surface area contributed by atoms with E-state index in [0.717, 1.165) is 10.9 Å². The van der Waals surface area contributed by atoms with E-state index in [1.54, 1.807) is 22.9 Å². The predicted molar refractivity (Wildman–Crippen MR) is 93.4 cm³/mol. The molecule has 1 fully saturated rings. The van der Waals surface area contributed by atoms with E-state index in [9.17, 15) is 9.59 Å². The van der Waals surface area contributed by atoms with E-state index >= 15 is 0 Å². The molecule has 6 heteroatoms. The summed E-state index contributed by atoms with van der Waals surface area (Å²) in [7, 11) is 0. The van der Waals surface area contributed by atoms with Gasteiger partial charge in [-0.05, 0) is 12.0 Å². The van der Waals surface area contributed by atoms with E-state index in [4.69, 9.17) is 0 Å². The smallest absolute Gasteiger partial charge is 0.257 e. The molecule has 5 nitrogen and oxygen atoms in total. The quantitative estimate of drug-likeness (QED) is 0.904. The van der Waals surface area contributed by atoms with Crippen LogP contribution in [0.4, 0.5) is 0 Å². The Morgan fingerprint density at radius 2 is 2.17 bits per heavy atom. The number of nitrogens with zero attached hydrogens (tertiary/aromatic N) is 1. The third-order valence-electron chi connectivity index (χ3n) is 3.95. The first kappa shape index (κ1) is 15.9. The lowest BCUT2D eigenvalue weighted by Gasteiger charge is -2.23. The third kappa shape index (κ3) is 3.22. The van der Waals surface area contributed by atoms with Crippen molar-refractivity contribution in [2.45, 2.75) is 19.9 Å². The highest BCUT2D eigenvalue weighted by Crippen LogP contribution is 2.26. The number of carbonyl (C=O) groups is 2. The summed E-state index contributed by atoms with van der Waals surface area (Å²) in [5, 5.41) is 3.84. The van der Waals surface area contributed by atoms with E-state index in [0.29, 0.717) is 29.7 Å². The molecule has 1 aliphatic rings. The second-order valence-corrected chi connectivity index (χ2v) is 7.18. The first-order valence-electron chi connectivity index (χ1n) is 7.80. The molecule has 0 spiro atoms. The highest BCUT2D eigenvalue weighted by atomic mass is 32.2. The van der Waals surface area contributed by atoms with Crippen LogP contribution in [0.1, 0.15) is 24.2 Å². The lowest BCUT2D eigenvalue weighted by Crippen LogP contribution is -2.47. The van der Waals surface area contributed by atoms with Crippen LogP contribution < -0.4 is 5.32 Å². The summed E-state index contributed by atoms with van der Waals surface area (Å²) < 4.78 is 0. The van der Waals surface area contributed by atoms with Gasteiger partial charge < -0.3 is 15.2 Å². The Balaban J connectivity index is 1.79. The summed E-state index contributed by atoms with van der Waals surface area (Å²) >= 11 is 1.62. The van der Waals surface area contributed by atoms with Crippen molar-refractivity contribution in [2.75, 3.05) is 18.2 Å². The standard InChI is InChI=1S/C17H21N3O2S/c1-11(2)7-19-16(21)15-9-23-10-20(15)17(22)13-8-18-14-6-4-3-5-12(13)14/h3-6,8,11,15,18H,7,9-10H2,1-2H3,(H,19,21)/t15-/m0/s1. The van der Waals surface area contributed by atoms with Gasteiger partial charge in [-0.25, -0.2) is 0 Å². The summed E-state index contributed by atoms with van der Waals surface area (Å²) in [6.45, 7) is 4.74. The molecule has 0 saturated carbocycles. The predicted octanol–water partition coefficient (Wildman–Crippen LogP) is 2.46. The molecule has 0 unspecified atom stereocenters. The molecular formula is C17H21N3O2S. The number of aromatic amines is 1. The fourth-order valence-electron chi connectivity index (χ4n) is 2.69. The second kappa shape index (κ2) is 6.66. The van der Waals surface area contributed by atoms with Gasteiger partial charge in [-0.2, -0.15) is 0 Å². The van der Waals surface area contributed by atoms with Gasteiger partial charge in [0.2, 0.25) is 5.91 Å². The first-order valence-corrected chi connectivity index (χ1v) is 8.96. The zero-order valence-electron chi connectivity index (χ0n) is 13.3. The van der Waals surface area contributed by atoms with Crippen molar-refractivity contribution in [2.24, 2.45) is 5.92 Å². The molecule has 23 heavy (non-hydrogen) atoms. The van der Waals surface area contributed by atoms with Gasteiger partial charge in [-0.1, -0.05) is 32.0 Å². The number of hydrogen-bond acceptors (Lipinski definition) is 3. The number of nitrogens with one attached hydrogen (secondary N) is 2. The summed E-state index contributed by atoms with van der Waals surface area (Å²) in [6.07, 6.45) is 1.74. The van der Waals surface area contributed by atoms with Gasteiger partial charge in [0.05, 0.1) is 11.4 Å². The molecule has 1 aromatic heterocycles. The highest BCUT2D eigenvalue weighted by molar-refractivity contribution is 7.99. The minimum absolute atomic E-state index is 0.0584. The Labute approximate surface area is 139 Å². The van der Waals surface area contributed by atoms with Crippen molar-refractivity contribution in [3.05, 3.63) is 36.0 Å². The van der Waals surface area contributed by atoms with E-state index < -0.39 is 0 Å². The van der Waals surface area contributed by atoms with E-state index in [-0.39, 0.29) is 17.9 Å². The summed E-state index contributed by atoms with van der Waals surface area (Å²) in [5.74, 6) is 1.45. The zero-order chi connectivity index (χ0) is 16.4. The zero-order valence-corrected chi connectivity index (χ0v) is 14.2. The lowest BCUT2D eigenvalue weighted by molar-refractivity contribution is -0.124. The van der Waals surface area contributed by atoms with Crippen LogP contribution in [0.5, 0.6) is 0 Å². The number of aromatic nitrogens is 1. The van der Waals surface area contributed by atoms with E-state index in [1.807, 2.05) is 24.3 Å². The molecule has 0 aliphatic carbocycles. The topological polar surface area (TPSA) is 65.2 Å². The van der Waals surface area contributed by atoms with Crippen molar-refractivity contribution in [3.63, 3.8) is 0 Å². The third-order valence-corrected chi connectivity index (χ3v) is 4.96. The molecule has 2 aromatic rings. The minimum Gasteiger partial charge on any atom is -0.360 e. The molecule has 2 amide bonds. The first-order chi connectivity index (χ1) is 11.1. The number of carbonyl (C=O) groups excluding carboxylic acids is 2. The molecule has 0 radical (unpaired) electrons. The highest BCUT2D eigenvalue weighted by Gasteiger charge is 2.35. The molecule has 1 aromatic carbocycles. The number of H-pyrrole nitrogens is 1. The number of para-hydroxylation sites is 1. The van der Waals surface area contributed by atoms with Gasteiger partial charge in [0.25, 0.3) is 5.91 Å². The van der Waals surface area contributed by atoms with Gasteiger partial charge in [-0.3, -0.25) is 9.59 Å². The number of rotatable bonds is 4. The summed E-state index contributed by atoms with van der Waals surface area (Å²) in [5.41, 5.74) is 1.56. The SMILES string of the molecule is CC(C)CNC(=O)[C@@H]1CSCN1C(=O)c1c[nH]c2ccccc12. The molecule has 1 aliphatic heterocycles. The van der Waals surface area contributed by atoms with E-state index in [2.05, 4.69) is 24.1 Å². The monoisotopic (exact) mass is 331 g/mol. The maximum absolute atomic E-state index is 12.9. The van der Waals surface area contributed by atoms with Crippen LogP contribution in [0.2, 0.25) is 0 Å². The Kier molecular flexibility index (Phi) is 4.61. The largest absolute Gasteiger partial charge is 0.360 e. The van der Waals surface area contributed by atoms with Crippen molar-refractivity contribution in [3.8, 4) is 0 Å². The summed E-state index contributed by atoms with van der Waals surface area (Å²) in [4.78, 5) is 30.1. The molecular weight excluding hydrogens is 310 g/mol. The van der Waals surface area contributed by atoms with E-state index in [1.165, 1.54) is 0 Å². The van der Waals surface area contributed by atoms with Crippen LogP contribution in [-0.4, -0.2) is 45.9 Å². The Morgan fingerprint density at radius 3 is 2.96 bits per heavy atom. The fraction of sp³-hybridized carbons (Fsp3) is 0.412. The maximum Gasteiger partial charge on any atom is 0.257 e. The van der Waals surface area contributed by atoms with Crippen LogP contribution in [-0.2, 0) is 4.79 Å². The van der Waals surface area contributed by atoms with Crippen molar-refractivity contribution in [1.29, 1.82) is 0 Å². The summed E-state index contributed by atoms with van der Waals surface area (Å²) in [6, 6.07) is 7.33. The Morgan fingerprint density at radius 1 is 1.39 bits per heavy atom. The van der Waals surface area contributed by atoms with Crippen LogP contribution in [0.25, 0.3) is 10.9 Å². The molecule has 1 atom stereocenters. The van der Waals surface area contributed by atoms with Crippen LogP contribution in [0.3, 0.4) is 0 Å². The number of thioether (sulfide) groups is 1. The van der Waals surface area contributed by atoms with Gasteiger partial charge in [0.1, 0.15) is 6.04 Å². The van der Waals surface area contributed by atoms with Crippen LogP contribution in [0.15, 0.2) is 30.5 Å². The maximum atomic E-state index is 12.9. The van der Waals surface area contributed by atoms with Crippen molar-refractivity contribution < 1.29 is 9.59 Å². The molecule has 2 heterocycles. The average molecular weight is 331 g/mol. The number of benzene rings is 1. The fourth-order valence-corrected chi connectivity index (χ4v) is 3.84. The Bertz CT molecular complexity index is 725.